The van der Waals surface area contributed by atoms with Gasteiger partial charge in [-0.25, -0.2) is 4.39 Å². The van der Waals surface area contributed by atoms with Crippen LogP contribution in [0.3, 0.4) is 0 Å². The molecule has 0 radical (unpaired) electrons. The fourth-order valence-corrected chi connectivity index (χ4v) is 2.90. The maximum absolute atomic E-state index is 14.0. The molecule has 0 spiro atoms. The molecule has 1 unspecified atom stereocenters. The fraction of sp³-hybridized carbons (Fsp3) is 0.400. The summed E-state index contributed by atoms with van der Waals surface area (Å²) >= 11 is 1.18. The van der Waals surface area contributed by atoms with E-state index in [0.29, 0.717) is 35.0 Å². The summed E-state index contributed by atoms with van der Waals surface area (Å²) in [6.45, 7) is 0.222. The smallest absolute Gasteiger partial charge is 0.236 e. The molecule has 1 atom stereocenters. The molecule has 5 nitrogen and oxygen atoms in total. The van der Waals surface area contributed by atoms with E-state index in [-0.39, 0.29) is 18.3 Å². The van der Waals surface area contributed by atoms with Crippen LogP contribution in [-0.2, 0) is 6.42 Å². The van der Waals surface area contributed by atoms with Crippen molar-refractivity contribution in [1.82, 2.24) is 4.37 Å². The number of nitrogens with two attached hydrogens (primary N) is 1. The molecule has 1 heterocycles. The molecule has 7 heteroatoms. The zero-order valence-electron chi connectivity index (χ0n) is 12.5. The van der Waals surface area contributed by atoms with E-state index in [9.17, 15) is 9.50 Å². The van der Waals surface area contributed by atoms with Crippen molar-refractivity contribution in [2.24, 2.45) is 11.7 Å². The van der Waals surface area contributed by atoms with Crippen LogP contribution in [0.1, 0.15) is 5.56 Å². The summed E-state index contributed by atoms with van der Waals surface area (Å²) in [5.74, 6) is -0.0529. The minimum atomic E-state index is -0.322. The van der Waals surface area contributed by atoms with Gasteiger partial charge in [0.05, 0.1) is 19.8 Å². The highest BCUT2D eigenvalue weighted by Gasteiger charge is 2.19. The van der Waals surface area contributed by atoms with Crippen molar-refractivity contribution < 1.29 is 19.0 Å². The Labute approximate surface area is 132 Å². The van der Waals surface area contributed by atoms with Crippen LogP contribution < -0.4 is 15.2 Å². The van der Waals surface area contributed by atoms with Gasteiger partial charge in [0, 0.05) is 18.1 Å². The number of rotatable bonds is 7. The summed E-state index contributed by atoms with van der Waals surface area (Å²) in [4.78, 5) is 0. The summed E-state index contributed by atoms with van der Waals surface area (Å²) < 4.78 is 28.7. The highest BCUT2D eigenvalue weighted by atomic mass is 32.1. The first-order valence-electron chi connectivity index (χ1n) is 6.81. The summed E-state index contributed by atoms with van der Waals surface area (Å²) in [6, 6.07) is 4.78. The van der Waals surface area contributed by atoms with Crippen molar-refractivity contribution in [3.63, 3.8) is 0 Å². The van der Waals surface area contributed by atoms with Crippen molar-refractivity contribution in [1.29, 1.82) is 0 Å². The van der Waals surface area contributed by atoms with Gasteiger partial charge >= 0.3 is 0 Å². The largest absolute Gasteiger partial charge is 0.486 e. The number of benzene rings is 1. The molecule has 0 aliphatic carbocycles. The topological polar surface area (TPSA) is 77.6 Å². The van der Waals surface area contributed by atoms with Crippen LogP contribution in [0.15, 0.2) is 18.2 Å². The van der Waals surface area contributed by atoms with Gasteiger partial charge in [0.1, 0.15) is 5.82 Å². The molecule has 0 amide bonds. The molecule has 0 saturated carbocycles. The lowest BCUT2D eigenvalue weighted by atomic mass is 9.96. The standard InChI is InChI=1S/C15H19FN2O3S/c1-20-14-13(15(21-2)22-18-14)10-3-4-12(16)11(6-10)5-9(7-17)8-19/h3-4,6,9,19H,5,7-8,17H2,1-2H3. The molecule has 0 aliphatic heterocycles. The third-order valence-corrected chi connectivity index (χ3v) is 4.24. The Morgan fingerprint density at radius 1 is 1.36 bits per heavy atom. The zero-order valence-corrected chi connectivity index (χ0v) is 13.3. The Balaban J connectivity index is 2.43. The summed E-state index contributed by atoms with van der Waals surface area (Å²) in [7, 11) is 3.08. The number of hydrogen-bond donors (Lipinski definition) is 2. The molecule has 120 valence electrons. The van der Waals surface area contributed by atoms with Crippen molar-refractivity contribution >= 4 is 11.5 Å². The summed E-state index contributed by atoms with van der Waals surface area (Å²) in [5.41, 5.74) is 7.53. The van der Waals surface area contributed by atoms with E-state index in [1.54, 1.807) is 19.2 Å². The Morgan fingerprint density at radius 2 is 2.14 bits per heavy atom. The van der Waals surface area contributed by atoms with E-state index in [1.807, 2.05) is 0 Å². The second kappa shape index (κ2) is 7.53. The minimum Gasteiger partial charge on any atom is -0.486 e. The lowest BCUT2D eigenvalue weighted by molar-refractivity contribution is 0.229. The zero-order chi connectivity index (χ0) is 16.1. The minimum absolute atomic E-state index is 0.0766. The van der Waals surface area contributed by atoms with Crippen LogP contribution >= 0.6 is 11.5 Å². The van der Waals surface area contributed by atoms with Crippen LogP contribution in [0.25, 0.3) is 11.1 Å². The average Bonchev–Trinajstić information content (AvgIpc) is 2.97. The van der Waals surface area contributed by atoms with Gasteiger partial charge in [0.25, 0.3) is 0 Å². The summed E-state index contributed by atoms with van der Waals surface area (Å²) in [6.07, 6.45) is 0.370. The number of halogens is 1. The predicted molar refractivity (Wildman–Crippen MR) is 83.9 cm³/mol. The van der Waals surface area contributed by atoms with Gasteiger partial charge < -0.3 is 20.3 Å². The SMILES string of the molecule is COc1nsc(OC)c1-c1ccc(F)c(CC(CN)CO)c1. The second-order valence-corrected chi connectivity index (χ2v) is 5.59. The van der Waals surface area contributed by atoms with E-state index < -0.39 is 0 Å². The average molecular weight is 326 g/mol. The molecule has 2 aromatic rings. The van der Waals surface area contributed by atoms with Crippen molar-refractivity contribution in [2.75, 3.05) is 27.4 Å². The van der Waals surface area contributed by atoms with E-state index in [2.05, 4.69) is 4.37 Å². The number of hydrogen-bond acceptors (Lipinski definition) is 6. The summed E-state index contributed by atoms with van der Waals surface area (Å²) in [5, 5.41) is 9.85. The van der Waals surface area contributed by atoms with Crippen LogP contribution in [-0.4, -0.2) is 36.9 Å². The van der Waals surface area contributed by atoms with Crippen molar-refractivity contribution in [3.8, 4) is 22.1 Å². The van der Waals surface area contributed by atoms with Crippen molar-refractivity contribution in [2.45, 2.75) is 6.42 Å². The molecule has 1 aromatic carbocycles. The Bertz CT molecular complexity index is 608. The van der Waals surface area contributed by atoms with Gasteiger partial charge in [-0.15, -0.1) is 0 Å². The number of aliphatic hydroxyl groups is 1. The van der Waals surface area contributed by atoms with Gasteiger partial charge in [0.2, 0.25) is 10.9 Å². The lowest BCUT2D eigenvalue weighted by Gasteiger charge is -2.13. The highest BCUT2D eigenvalue weighted by Crippen LogP contribution is 2.41. The van der Waals surface area contributed by atoms with Gasteiger partial charge in [-0.1, -0.05) is 6.07 Å². The predicted octanol–water partition coefficient (Wildman–Crippen LogP) is 2.08. The van der Waals surface area contributed by atoms with Gasteiger partial charge in [0.15, 0.2) is 0 Å². The molecular formula is C15H19FN2O3S. The molecule has 1 aromatic heterocycles. The first-order chi connectivity index (χ1) is 10.6. The molecule has 22 heavy (non-hydrogen) atoms. The van der Waals surface area contributed by atoms with E-state index in [0.717, 1.165) is 5.56 Å². The Hall–Kier alpha value is -1.70. The molecule has 3 N–H and O–H groups in total. The third kappa shape index (κ3) is 3.37. The maximum Gasteiger partial charge on any atom is 0.236 e. The quantitative estimate of drug-likeness (QED) is 0.814. The number of aliphatic hydroxyl groups excluding tert-OH is 1. The normalized spacial score (nSPS) is 12.2. The Morgan fingerprint density at radius 3 is 2.73 bits per heavy atom. The molecule has 2 rings (SSSR count). The lowest BCUT2D eigenvalue weighted by Crippen LogP contribution is -2.20. The third-order valence-electron chi connectivity index (χ3n) is 3.44. The van der Waals surface area contributed by atoms with Crippen LogP contribution in [0.2, 0.25) is 0 Å². The van der Waals surface area contributed by atoms with Crippen LogP contribution in [0.4, 0.5) is 4.39 Å². The Kier molecular flexibility index (Phi) is 5.70. The molecule has 0 fully saturated rings. The number of methoxy groups -OCH3 is 2. The molecule has 0 bridgehead atoms. The van der Waals surface area contributed by atoms with Gasteiger partial charge in [-0.2, -0.15) is 4.37 Å². The van der Waals surface area contributed by atoms with E-state index >= 15 is 0 Å². The number of aromatic nitrogens is 1. The first-order valence-corrected chi connectivity index (χ1v) is 7.59. The van der Waals surface area contributed by atoms with Gasteiger partial charge in [-0.05, 0) is 42.1 Å². The van der Waals surface area contributed by atoms with Crippen LogP contribution in [0, 0.1) is 11.7 Å². The monoisotopic (exact) mass is 326 g/mol. The van der Waals surface area contributed by atoms with E-state index in [4.69, 9.17) is 15.2 Å². The number of ether oxygens (including phenoxy) is 2. The van der Waals surface area contributed by atoms with Crippen LogP contribution in [0.5, 0.6) is 10.9 Å². The fourth-order valence-electron chi connectivity index (χ4n) is 2.20. The second-order valence-electron chi connectivity index (χ2n) is 4.85. The first kappa shape index (κ1) is 16.7. The highest BCUT2D eigenvalue weighted by molar-refractivity contribution is 7.08. The molecule has 0 aliphatic rings. The van der Waals surface area contributed by atoms with E-state index in [1.165, 1.54) is 24.7 Å². The molecule has 0 saturated heterocycles. The number of nitrogens with zero attached hydrogens (tertiary/aromatic N) is 1. The van der Waals surface area contributed by atoms with Crippen molar-refractivity contribution in [3.05, 3.63) is 29.6 Å². The maximum atomic E-state index is 14.0. The van der Waals surface area contributed by atoms with Gasteiger partial charge in [-0.3, -0.25) is 0 Å². The molecular weight excluding hydrogens is 307 g/mol.